The molecule has 174 valence electrons. The molecule has 1 fully saturated rings. The molecule has 5 heteroatoms. The van der Waals surface area contributed by atoms with E-state index in [4.69, 9.17) is 4.74 Å². The average Bonchev–Trinajstić information content (AvgIpc) is 2.87. The molecule has 0 saturated carbocycles. The van der Waals surface area contributed by atoms with Crippen LogP contribution in [-0.2, 0) is 4.79 Å². The Kier molecular flexibility index (Phi) is 5.96. The lowest BCUT2D eigenvalue weighted by molar-refractivity contribution is -0.908. The first kappa shape index (κ1) is 22.4. The molecule has 3 aromatic carbocycles. The van der Waals surface area contributed by atoms with Gasteiger partial charge in [0.1, 0.15) is 18.0 Å². The molecule has 0 spiro atoms. The minimum Gasteiger partial charge on any atom is -0.457 e. The topological polar surface area (TPSA) is 46.6 Å². The number of Topliss-reactive ketones (excluding diaryl/α,β-unsaturated/α-hetero) is 1. The maximum Gasteiger partial charge on any atom is 0.234 e. The molecule has 0 aliphatic carbocycles. The number of ether oxygens (including phenoxy) is 1. The van der Waals surface area contributed by atoms with E-state index in [0.29, 0.717) is 30.2 Å². The molecule has 5 rings (SSSR count). The van der Waals surface area contributed by atoms with Crippen LogP contribution in [0, 0.1) is 0 Å². The van der Waals surface area contributed by atoms with E-state index in [1.807, 2.05) is 83.8 Å². The third kappa shape index (κ3) is 4.24. The maximum absolute atomic E-state index is 13.8. The zero-order chi connectivity index (χ0) is 23.7. The summed E-state index contributed by atoms with van der Waals surface area (Å²) in [4.78, 5) is 28.6. The fourth-order valence-corrected chi connectivity index (χ4v) is 5.36. The summed E-state index contributed by atoms with van der Waals surface area (Å²) in [5, 5.41) is 0. The van der Waals surface area contributed by atoms with Crippen LogP contribution in [0.4, 0.5) is 0 Å². The molecular formula is C29H31N2O3+. The lowest BCUT2D eigenvalue weighted by atomic mass is 9.86. The van der Waals surface area contributed by atoms with Gasteiger partial charge in [-0.25, -0.2) is 0 Å². The Labute approximate surface area is 201 Å². The third-order valence-electron chi connectivity index (χ3n) is 7.34. The molecule has 0 radical (unpaired) electrons. The summed E-state index contributed by atoms with van der Waals surface area (Å²) in [6.07, 6.45) is 1.76. The maximum atomic E-state index is 13.8. The molecule has 0 atom stereocenters. The van der Waals surface area contributed by atoms with Gasteiger partial charge in [-0.15, -0.1) is 0 Å². The Morgan fingerprint density at radius 2 is 1.35 bits per heavy atom. The van der Waals surface area contributed by atoms with Gasteiger partial charge in [0.15, 0.2) is 0 Å². The second-order valence-corrected chi connectivity index (χ2v) is 9.89. The van der Waals surface area contributed by atoms with Crippen LogP contribution in [0.1, 0.15) is 40.2 Å². The second kappa shape index (κ2) is 9.07. The summed E-state index contributed by atoms with van der Waals surface area (Å²) in [7, 11) is 4.27. The average molecular weight is 456 g/mol. The minimum atomic E-state index is -0.347. The van der Waals surface area contributed by atoms with Crippen LogP contribution in [0.3, 0.4) is 0 Å². The normalized spacial score (nSPS) is 16.4. The summed E-state index contributed by atoms with van der Waals surface area (Å²) in [5.74, 6) is 1.46. The number of likely N-dealkylation sites (tertiary alicyclic amines) is 1. The number of nitrogens with zero attached hydrogens (tertiary/aromatic N) is 2. The number of amides is 1. The van der Waals surface area contributed by atoms with Gasteiger partial charge >= 0.3 is 0 Å². The number of quaternary nitrogens is 1. The van der Waals surface area contributed by atoms with Gasteiger partial charge in [-0.1, -0.05) is 66.7 Å². The van der Waals surface area contributed by atoms with E-state index in [-0.39, 0.29) is 17.6 Å². The summed E-state index contributed by atoms with van der Waals surface area (Å²) in [6.45, 7) is 1.86. The molecule has 1 saturated heterocycles. The number of piperidine rings is 1. The van der Waals surface area contributed by atoms with Crippen molar-refractivity contribution in [2.45, 2.75) is 24.8 Å². The van der Waals surface area contributed by atoms with E-state index < -0.39 is 0 Å². The first-order valence-corrected chi connectivity index (χ1v) is 12.0. The SMILES string of the molecule is C[N+](C)(CC(=O)c1ccccc1)C1CCN(C(=O)C2c3ccccc3Oc3ccccc32)CC1. The first-order chi connectivity index (χ1) is 16.4. The van der Waals surface area contributed by atoms with Gasteiger partial charge in [-0.2, -0.15) is 0 Å². The highest BCUT2D eigenvalue weighted by molar-refractivity contribution is 5.97. The van der Waals surface area contributed by atoms with Crippen molar-refractivity contribution in [3.05, 3.63) is 95.6 Å². The molecule has 2 aliphatic heterocycles. The summed E-state index contributed by atoms with van der Waals surface area (Å²) in [5.41, 5.74) is 2.62. The van der Waals surface area contributed by atoms with Crippen molar-refractivity contribution in [1.82, 2.24) is 4.90 Å². The molecule has 0 N–H and O–H groups in total. The van der Waals surface area contributed by atoms with Crippen LogP contribution >= 0.6 is 0 Å². The Morgan fingerprint density at radius 1 is 0.824 bits per heavy atom. The lowest BCUT2D eigenvalue weighted by Gasteiger charge is -2.43. The van der Waals surface area contributed by atoms with Crippen LogP contribution in [0.25, 0.3) is 0 Å². The van der Waals surface area contributed by atoms with E-state index in [9.17, 15) is 9.59 Å². The van der Waals surface area contributed by atoms with Gasteiger partial charge in [-0.05, 0) is 12.1 Å². The summed E-state index contributed by atoms with van der Waals surface area (Å²) in [6, 6.07) is 25.5. The van der Waals surface area contributed by atoms with Gasteiger partial charge in [-0.3, -0.25) is 9.59 Å². The quantitative estimate of drug-likeness (QED) is 0.407. The molecule has 2 aliphatic rings. The van der Waals surface area contributed by atoms with Crippen LogP contribution in [0.15, 0.2) is 78.9 Å². The largest absolute Gasteiger partial charge is 0.457 e. The number of rotatable bonds is 5. The third-order valence-corrected chi connectivity index (χ3v) is 7.34. The monoisotopic (exact) mass is 455 g/mol. The van der Waals surface area contributed by atoms with E-state index >= 15 is 0 Å². The molecule has 5 nitrogen and oxygen atoms in total. The number of fused-ring (bicyclic) bond motifs is 2. The molecule has 34 heavy (non-hydrogen) atoms. The van der Waals surface area contributed by atoms with Gasteiger partial charge in [0.05, 0.1) is 26.1 Å². The number of ketones is 1. The molecule has 3 aromatic rings. The molecule has 2 heterocycles. The fourth-order valence-electron chi connectivity index (χ4n) is 5.36. The molecule has 0 aromatic heterocycles. The van der Waals surface area contributed by atoms with Crippen molar-refractivity contribution in [2.75, 3.05) is 33.7 Å². The van der Waals surface area contributed by atoms with Gasteiger partial charge in [0, 0.05) is 42.6 Å². The van der Waals surface area contributed by atoms with Crippen molar-refractivity contribution >= 4 is 11.7 Å². The summed E-state index contributed by atoms with van der Waals surface area (Å²) < 4.78 is 6.71. The van der Waals surface area contributed by atoms with E-state index in [0.717, 1.165) is 41.0 Å². The highest BCUT2D eigenvalue weighted by atomic mass is 16.5. The number of benzene rings is 3. The summed E-state index contributed by atoms with van der Waals surface area (Å²) >= 11 is 0. The number of hydrogen-bond donors (Lipinski definition) is 0. The van der Waals surface area contributed by atoms with Crippen LogP contribution in [-0.4, -0.2) is 60.8 Å². The molecule has 0 bridgehead atoms. The van der Waals surface area contributed by atoms with Crippen LogP contribution in [0.2, 0.25) is 0 Å². The van der Waals surface area contributed by atoms with E-state index in [1.54, 1.807) is 0 Å². The second-order valence-electron chi connectivity index (χ2n) is 9.89. The number of carbonyl (C=O) groups is 2. The zero-order valence-corrected chi connectivity index (χ0v) is 19.8. The lowest BCUT2D eigenvalue weighted by Crippen LogP contribution is -2.56. The number of para-hydroxylation sites is 2. The zero-order valence-electron chi connectivity index (χ0n) is 19.8. The highest BCUT2D eigenvalue weighted by Crippen LogP contribution is 2.45. The van der Waals surface area contributed by atoms with Gasteiger partial charge in [0.2, 0.25) is 11.7 Å². The Hall–Kier alpha value is -3.44. The van der Waals surface area contributed by atoms with Crippen LogP contribution < -0.4 is 4.74 Å². The van der Waals surface area contributed by atoms with Gasteiger partial charge in [0.25, 0.3) is 0 Å². The molecule has 1 amide bonds. The minimum absolute atomic E-state index is 0.132. The van der Waals surface area contributed by atoms with Crippen molar-refractivity contribution in [3.8, 4) is 11.5 Å². The Balaban J connectivity index is 1.29. The number of likely N-dealkylation sites (N-methyl/N-ethyl adjacent to an activating group) is 1. The van der Waals surface area contributed by atoms with Crippen molar-refractivity contribution in [1.29, 1.82) is 0 Å². The predicted octanol–water partition coefficient (Wildman–Crippen LogP) is 4.87. The smallest absolute Gasteiger partial charge is 0.234 e. The first-order valence-electron chi connectivity index (χ1n) is 12.0. The highest BCUT2D eigenvalue weighted by Gasteiger charge is 2.39. The van der Waals surface area contributed by atoms with E-state index in [1.165, 1.54) is 0 Å². The van der Waals surface area contributed by atoms with Crippen molar-refractivity contribution < 1.29 is 18.8 Å². The Bertz CT molecular complexity index is 1150. The molecule has 0 unspecified atom stereocenters. The van der Waals surface area contributed by atoms with Crippen molar-refractivity contribution in [3.63, 3.8) is 0 Å². The molecular weight excluding hydrogens is 424 g/mol. The van der Waals surface area contributed by atoms with Gasteiger partial charge < -0.3 is 14.1 Å². The number of carbonyl (C=O) groups excluding carboxylic acids is 2. The standard InChI is InChI=1S/C29H31N2O3/c1-31(2,20-25(32)21-10-4-3-5-11-21)22-16-18-30(19-17-22)29(33)28-23-12-6-8-14-26(23)34-27-15-9-7-13-24(27)28/h3-15,22,28H,16-20H2,1-2H3/q+1. The van der Waals surface area contributed by atoms with Crippen molar-refractivity contribution in [2.24, 2.45) is 0 Å². The van der Waals surface area contributed by atoms with Crippen LogP contribution in [0.5, 0.6) is 11.5 Å². The number of hydrogen-bond acceptors (Lipinski definition) is 3. The predicted molar refractivity (Wildman–Crippen MR) is 132 cm³/mol. The fraction of sp³-hybridized carbons (Fsp3) is 0.310. The van der Waals surface area contributed by atoms with E-state index in [2.05, 4.69) is 14.1 Å². The Morgan fingerprint density at radius 3 is 1.94 bits per heavy atom.